The van der Waals surface area contributed by atoms with Crippen molar-refractivity contribution < 1.29 is 47.0 Å². The van der Waals surface area contributed by atoms with E-state index in [9.17, 15) is 13.7 Å². The summed E-state index contributed by atoms with van der Waals surface area (Å²) < 4.78 is 39.1. The fraction of sp³-hybridized carbons (Fsp3) is 1.00. The molecule has 0 aliphatic heterocycles. The Kier molecular flexibility index (Phi) is 6.65. The molecular formula is C3H12NO10P3. The van der Waals surface area contributed by atoms with Crippen LogP contribution in [0.4, 0.5) is 0 Å². The Morgan fingerprint density at radius 1 is 1.00 bits per heavy atom. The van der Waals surface area contributed by atoms with Gasteiger partial charge in [-0.05, 0) is 6.42 Å². The Morgan fingerprint density at radius 2 is 1.53 bits per heavy atom. The minimum absolute atomic E-state index is 0.0585. The Hall–Kier alpha value is 0.370. The van der Waals surface area contributed by atoms with E-state index in [1.54, 1.807) is 5.09 Å². The summed E-state index contributed by atoms with van der Waals surface area (Å²) >= 11 is 0. The van der Waals surface area contributed by atoms with Crippen LogP contribution in [0.2, 0.25) is 0 Å². The molecule has 0 rings (SSSR count). The molecule has 0 saturated carbocycles. The minimum Gasteiger partial charge on any atom is -0.396 e. The van der Waals surface area contributed by atoms with Gasteiger partial charge in [0.1, 0.15) is 0 Å². The van der Waals surface area contributed by atoms with Crippen LogP contribution in [-0.4, -0.2) is 37.8 Å². The summed E-state index contributed by atoms with van der Waals surface area (Å²) in [4.78, 5) is 34.1. The quantitative estimate of drug-likeness (QED) is 0.245. The van der Waals surface area contributed by atoms with E-state index in [4.69, 9.17) is 24.7 Å². The van der Waals surface area contributed by atoms with Crippen molar-refractivity contribution in [3.8, 4) is 0 Å². The number of aliphatic hydroxyl groups excluding tert-OH is 1. The minimum atomic E-state index is -5.39. The van der Waals surface area contributed by atoms with Crippen LogP contribution in [0.15, 0.2) is 0 Å². The molecule has 0 aromatic heterocycles. The van der Waals surface area contributed by atoms with Crippen molar-refractivity contribution in [3.05, 3.63) is 0 Å². The summed E-state index contributed by atoms with van der Waals surface area (Å²) in [5.74, 6) is 0. The van der Waals surface area contributed by atoms with Crippen molar-refractivity contribution in [2.75, 3.05) is 13.2 Å². The summed E-state index contributed by atoms with van der Waals surface area (Å²) in [6.07, 6.45) is 0.0585. The van der Waals surface area contributed by atoms with Crippen molar-refractivity contribution >= 4 is 23.4 Å². The maximum absolute atomic E-state index is 11.1. The lowest BCUT2D eigenvalue weighted by molar-refractivity contribution is 0.220. The highest BCUT2D eigenvalue weighted by molar-refractivity contribution is 7.67. The SMILES string of the molecule is O=P(O)(O)OP(=O)(O)OP(=O)(O)NCCCO. The molecule has 11 nitrogen and oxygen atoms in total. The maximum atomic E-state index is 11.1. The van der Waals surface area contributed by atoms with Crippen LogP contribution < -0.4 is 5.09 Å². The molecule has 0 radical (unpaired) electrons. The summed E-state index contributed by atoms with van der Waals surface area (Å²) in [6.45, 7) is -0.525. The molecule has 0 bridgehead atoms. The van der Waals surface area contributed by atoms with Gasteiger partial charge >= 0.3 is 23.4 Å². The molecule has 17 heavy (non-hydrogen) atoms. The van der Waals surface area contributed by atoms with Crippen LogP contribution >= 0.6 is 23.4 Å². The van der Waals surface area contributed by atoms with Gasteiger partial charge in [0.2, 0.25) is 0 Å². The second kappa shape index (κ2) is 6.51. The van der Waals surface area contributed by atoms with Gasteiger partial charge in [-0.15, -0.1) is 0 Å². The number of phosphoric acid groups is 2. The first-order valence-corrected chi connectivity index (χ1v) is 8.57. The Bertz CT molecular complexity index is 375. The molecule has 0 heterocycles. The zero-order valence-corrected chi connectivity index (χ0v) is 10.9. The molecule has 0 spiro atoms. The van der Waals surface area contributed by atoms with E-state index in [2.05, 4.69) is 8.62 Å². The number of nitrogens with one attached hydrogen (secondary N) is 1. The molecular weight excluding hydrogens is 303 g/mol. The van der Waals surface area contributed by atoms with Gasteiger partial charge in [0.25, 0.3) is 0 Å². The molecule has 0 amide bonds. The summed E-state index contributed by atoms with van der Waals surface area (Å²) in [5, 5.41) is 10.1. The van der Waals surface area contributed by atoms with E-state index in [1.807, 2.05) is 0 Å². The average molecular weight is 315 g/mol. The molecule has 0 aliphatic rings. The third kappa shape index (κ3) is 10.0. The Morgan fingerprint density at radius 3 is 1.94 bits per heavy atom. The van der Waals surface area contributed by atoms with Crippen LogP contribution in [0.25, 0.3) is 0 Å². The molecule has 6 N–H and O–H groups in total. The number of rotatable bonds is 8. The van der Waals surface area contributed by atoms with Gasteiger partial charge in [-0.1, -0.05) is 0 Å². The van der Waals surface area contributed by atoms with E-state index in [-0.39, 0.29) is 19.6 Å². The molecule has 14 heteroatoms. The smallest absolute Gasteiger partial charge is 0.396 e. The highest BCUT2D eigenvalue weighted by atomic mass is 31.3. The standard InChI is InChI=1S/C3H12NO10P3/c5-3-1-2-4-15(6,7)13-17(11,12)14-16(8,9)10/h5H,1-3H2,(H,11,12)(H2,4,6,7)(H2,8,9,10). The zero-order valence-electron chi connectivity index (χ0n) is 8.24. The predicted molar refractivity (Wildman–Crippen MR) is 53.6 cm³/mol. The Labute approximate surface area is 95.8 Å². The molecule has 0 saturated heterocycles. The van der Waals surface area contributed by atoms with E-state index in [1.165, 1.54) is 0 Å². The lowest BCUT2D eigenvalue weighted by atomic mass is 10.5. The van der Waals surface area contributed by atoms with Gasteiger partial charge in [-0.25, -0.2) is 18.8 Å². The topological polar surface area (TPSA) is 183 Å². The second-order valence-corrected chi connectivity index (χ2v) is 7.21. The van der Waals surface area contributed by atoms with E-state index in [0.717, 1.165) is 0 Å². The van der Waals surface area contributed by atoms with Gasteiger partial charge in [-0.3, -0.25) is 0 Å². The predicted octanol–water partition coefficient (Wildman–Crippen LogP) is -0.715. The van der Waals surface area contributed by atoms with Crippen LogP contribution in [0.5, 0.6) is 0 Å². The average Bonchev–Trinajstić information content (AvgIpc) is 1.96. The lowest BCUT2D eigenvalue weighted by Crippen LogP contribution is -2.14. The second-order valence-electron chi connectivity index (χ2n) is 2.63. The zero-order chi connectivity index (χ0) is 13.7. The van der Waals surface area contributed by atoms with Gasteiger partial charge in [0.15, 0.2) is 0 Å². The van der Waals surface area contributed by atoms with Crippen molar-refractivity contribution in [1.29, 1.82) is 0 Å². The van der Waals surface area contributed by atoms with Crippen LogP contribution in [0, 0.1) is 0 Å². The van der Waals surface area contributed by atoms with Crippen LogP contribution in [0.3, 0.4) is 0 Å². The molecule has 0 aliphatic carbocycles. The van der Waals surface area contributed by atoms with E-state index >= 15 is 0 Å². The van der Waals surface area contributed by atoms with Gasteiger partial charge in [0.05, 0.1) is 0 Å². The molecule has 104 valence electrons. The number of hydrogen-bond acceptors (Lipinski definition) is 6. The fourth-order valence-corrected chi connectivity index (χ4v) is 3.87. The van der Waals surface area contributed by atoms with Crippen molar-refractivity contribution in [1.82, 2.24) is 5.09 Å². The van der Waals surface area contributed by atoms with E-state index < -0.39 is 23.4 Å². The summed E-state index contributed by atoms with van der Waals surface area (Å²) in [6, 6.07) is 0. The molecule has 0 fully saturated rings. The fourth-order valence-electron chi connectivity index (χ4n) is 0.617. The number of hydrogen-bond donors (Lipinski definition) is 6. The first-order valence-electron chi connectivity index (χ1n) is 3.97. The molecule has 2 atom stereocenters. The summed E-state index contributed by atoms with van der Waals surface area (Å²) in [5.41, 5.74) is 0. The molecule has 0 aromatic carbocycles. The third-order valence-electron chi connectivity index (χ3n) is 1.07. The Balaban J connectivity index is 4.44. The highest BCUT2D eigenvalue weighted by Gasteiger charge is 2.39. The molecule has 2 unspecified atom stereocenters. The van der Waals surface area contributed by atoms with Crippen LogP contribution in [0.1, 0.15) is 6.42 Å². The largest absolute Gasteiger partial charge is 0.489 e. The summed E-state index contributed by atoms with van der Waals surface area (Å²) in [7, 11) is -15.5. The lowest BCUT2D eigenvalue weighted by Gasteiger charge is -2.16. The first-order chi connectivity index (χ1) is 7.47. The van der Waals surface area contributed by atoms with E-state index in [0.29, 0.717) is 0 Å². The van der Waals surface area contributed by atoms with Gasteiger partial charge in [0, 0.05) is 13.2 Å². The van der Waals surface area contributed by atoms with Gasteiger partial charge in [-0.2, -0.15) is 8.62 Å². The van der Waals surface area contributed by atoms with Crippen molar-refractivity contribution in [2.24, 2.45) is 0 Å². The maximum Gasteiger partial charge on any atom is 0.489 e. The normalized spacial score (nSPS) is 19.6. The third-order valence-corrected chi connectivity index (χ3v) is 5.08. The van der Waals surface area contributed by atoms with Crippen molar-refractivity contribution in [3.63, 3.8) is 0 Å². The van der Waals surface area contributed by atoms with Gasteiger partial charge < -0.3 is 24.7 Å². The first kappa shape index (κ1) is 17.4. The number of aliphatic hydroxyl groups is 1. The van der Waals surface area contributed by atoms with Crippen LogP contribution in [-0.2, 0) is 22.3 Å². The van der Waals surface area contributed by atoms with Crippen molar-refractivity contribution in [2.45, 2.75) is 6.42 Å². The molecule has 0 aromatic rings. The highest BCUT2D eigenvalue weighted by Crippen LogP contribution is 2.64. The monoisotopic (exact) mass is 315 g/mol.